The van der Waals surface area contributed by atoms with Gasteiger partial charge >= 0.3 is 10.9 Å². The van der Waals surface area contributed by atoms with E-state index in [1.807, 2.05) is 0 Å². The zero-order chi connectivity index (χ0) is 25.6. The Morgan fingerprint density at radius 2 is 1.59 bits per heavy atom. The van der Waals surface area contributed by atoms with Gasteiger partial charge in [0.05, 0.1) is 28.2 Å². The predicted octanol–water partition coefficient (Wildman–Crippen LogP) is -1.10. The summed E-state index contributed by atoms with van der Waals surface area (Å²) in [5.74, 6) is -3.08. The van der Waals surface area contributed by atoms with Crippen molar-refractivity contribution in [3.05, 3.63) is 35.5 Å². The van der Waals surface area contributed by atoms with Gasteiger partial charge in [-0.15, -0.1) is 0 Å². The van der Waals surface area contributed by atoms with Gasteiger partial charge in [0.25, 0.3) is 30.1 Å². The van der Waals surface area contributed by atoms with Gasteiger partial charge in [0.15, 0.2) is 0 Å². The lowest BCUT2D eigenvalue weighted by Gasteiger charge is -2.21. The number of benzene rings is 1. The second-order valence-electron chi connectivity index (χ2n) is 6.76. The van der Waals surface area contributed by atoms with Crippen molar-refractivity contribution in [1.82, 2.24) is 10.1 Å². The largest absolute Gasteiger partial charge is 0.454 e. The maximum atomic E-state index is 12.7. The molecule has 0 saturated carbocycles. The summed E-state index contributed by atoms with van der Waals surface area (Å²) in [6, 6.07) is 6.95. The topological polar surface area (TPSA) is 225 Å². The molecule has 1 amide bonds. The molecule has 15 nitrogen and oxygen atoms in total. The van der Waals surface area contributed by atoms with Gasteiger partial charge in [-0.3, -0.25) is 18.5 Å². The third-order valence-electron chi connectivity index (χ3n) is 4.22. The number of hydrogen-bond acceptors (Lipinski definition) is 11. The number of hydrogen-bond donors (Lipinski definition) is 2. The van der Waals surface area contributed by atoms with E-state index in [0.717, 1.165) is 4.90 Å². The molecule has 0 aliphatic heterocycles. The summed E-state index contributed by atoms with van der Waals surface area (Å²) in [4.78, 5) is 12.6. The number of ether oxygens (including phenoxy) is 1. The summed E-state index contributed by atoms with van der Waals surface area (Å²) in [6.45, 7) is -1.39. The molecule has 1 aromatic carbocycles. The van der Waals surface area contributed by atoms with Gasteiger partial charge in [0.2, 0.25) is 5.91 Å². The molecule has 1 aromatic heterocycles. The van der Waals surface area contributed by atoms with E-state index in [-0.39, 0.29) is 29.2 Å². The molecule has 0 radical (unpaired) electrons. The predicted molar refractivity (Wildman–Crippen MR) is 111 cm³/mol. The summed E-state index contributed by atoms with van der Waals surface area (Å²) in [5.41, 5.74) is 0. The zero-order valence-electron chi connectivity index (χ0n) is 17.4. The average Bonchev–Trinajstić information content (AvgIpc) is 3.11. The van der Waals surface area contributed by atoms with Gasteiger partial charge in [-0.1, -0.05) is 18.2 Å². The van der Waals surface area contributed by atoms with Crippen LogP contribution in [-0.4, -0.2) is 81.5 Å². The number of carbonyl (C=O) groups is 1. The Bertz CT molecular complexity index is 1270. The number of amides is 1. The third kappa shape index (κ3) is 8.20. The lowest BCUT2D eigenvalue weighted by atomic mass is 10.3. The average molecular weight is 544 g/mol. The fourth-order valence-corrected chi connectivity index (χ4v) is 4.80. The lowest BCUT2D eigenvalue weighted by molar-refractivity contribution is -0.832. The van der Waals surface area contributed by atoms with E-state index in [1.54, 1.807) is 6.07 Å². The second kappa shape index (κ2) is 11.1. The molecule has 1 heterocycles. The van der Waals surface area contributed by atoms with Crippen molar-refractivity contribution >= 4 is 36.0 Å². The molecule has 0 aliphatic carbocycles. The summed E-state index contributed by atoms with van der Waals surface area (Å²) < 4.78 is 96.3. The lowest BCUT2D eigenvalue weighted by Crippen LogP contribution is -2.38. The molecule has 34 heavy (non-hydrogen) atoms. The molecular formula is C16H21N3O12S3. The number of aromatic nitrogens is 2. The first-order valence-electron chi connectivity index (χ1n) is 9.41. The first kappa shape index (κ1) is 27.4. The van der Waals surface area contributed by atoms with Crippen LogP contribution in [0.1, 0.15) is 12.8 Å². The quantitative estimate of drug-likeness (QED) is 0.174. The zero-order valence-corrected chi connectivity index (χ0v) is 19.8. The van der Waals surface area contributed by atoms with Crippen molar-refractivity contribution in [3.63, 3.8) is 0 Å². The van der Waals surface area contributed by atoms with Crippen LogP contribution in [0.5, 0.6) is 5.88 Å². The minimum Gasteiger partial charge on any atom is -0.454 e. The number of rotatable bonds is 13. The molecule has 0 bridgehead atoms. The summed E-state index contributed by atoms with van der Waals surface area (Å²) >= 11 is 0. The standard InChI is InChI=1S/C16H21N3O12S3/c20-14(18(8-11-32(22,23)24)9-12-33(25,26)27)7-4-10-30-15-16(19(21)31-17-15)34(28,29)13-5-2-1-3-6-13/h1-3,5-6H,4,7-12H2,(H,22,23,24)(H,25,26,27). The Balaban J connectivity index is 2.02. The second-order valence-corrected chi connectivity index (χ2v) is 11.8. The van der Waals surface area contributed by atoms with Crippen molar-refractivity contribution in [2.45, 2.75) is 22.8 Å². The summed E-state index contributed by atoms with van der Waals surface area (Å²) in [7, 11) is -13.2. The number of sulfone groups is 1. The van der Waals surface area contributed by atoms with Crippen LogP contribution in [0.2, 0.25) is 0 Å². The SMILES string of the molecule is O=C(CCCOc1no[n+]([O-])c1S(=O)(=O)c1ccccc1)N(CCS(=O)(=O)O)CCS(=O)(=O)O. The van der Waals surface area contributed by atoms with E-state index in [4.69, 9.17) is 13.8 Å². The highest BCUT2D eigenvalue weighted by Gasteiger charge is 2.35. The van der Waals surface area contributed by atoms with Crippen LogP contribution in [0.4, 0.5) is 0 Å². The van der Waals surface area contributed by atoms with E-state index in [9.17, 15) is 35.3 Å². The maximum Gasteiger partial charge on any atom is 0.414 e. The normalized spacial score (nSPS) is 12.4. The fraction of sp³-hybridized carbons (Fsp3) is 0.438. The Morgan fingerprint density at radius 3 is 2.12 bits per heavy atom. The molecule has 2 N–H and O–H groups in total. The van der Waals surface area contributed by atoms with Crippen LogP contribution in [0, 0.1) is 5.21 Å². The molecule has 0 saturated heterocycles. The van der Waals surface area contributed by atoms with Crippen molar-refractivity contribution in [1.29, 1.82) is 0 Å². The summed E-state index contributed by atoms with van der Waals surface area (Å²) in [5, 5.41) is 14.2. The Hall–Kier alpha value is -2.80. The van der Waals surface area contributed by atoms with Gasteiger partial charge < -0.3 is 14.8 Å². The Labute approximate surface area is 194 Å². The van der Waals surface area contributed by atoms with Crippen molar-refractivity contribution in [3.8, 4) is 5.88 Å². The van der Waals surface area contributed by atoms with E-state index in [2.05, 4.69) is 9.79 Å². The van der Waals surface area contributed by atoms with Crippen LogP contribution < -0.4 is 9.64 Å². The van der Waals surface area contributed by atoms with Gasteiger partial charge in [0.1, 0.15) is 0 Å². The molecule has 0 fully saturated rings. The highest BCUT2D eigenvalue weighted by molar-refractivity contribution is 7.91. The van der Waals surface area contributed by atoms with Crippen molar-refractivity contribution in [2.24, 2.45) is 0 Å². The van der Waals surface area contributed by atoms with Gasteiger partial charge in [0, 0.05) is 19.5 Å². The molecule has 0 unspecified atom stereocenters. The molecule has 18 heteroatoms. The van der Waals surface area contributed by atoms with Crippen molar-refractivity contribution < 1.29 is 53.4 Å². The molecule has 190 valence electrons. The number of nitrogens with zero attached hydrogens (tertiary/aromatic N) is 3. The van der Waals surface area contributed by atoms with Gasteiger partial charge in [-0.25, -0.2) is 8.42 Å². The van der Waals surface area contributed by atoms with Crippen LogP contribution in [0.25, 0.3) is 0 Å². The highest BCUT2D eigenvalue weighted by atomic mass is 32.2. The smallest absolute Gasteiger partial charge is 0.414 e. The minimum atomic E-state index is -4.45. The Kier molecular flexibility index (Phi) is 8.95. The minimum absolute atomic E-state index is 0.0797. The Morgan fingerprint density at radius 1 is 1.03 bits per heavy atom. The molecule has 0 spiro atoms. The fourth-order valence-electron chi connectivity index (χ4n) is 2.60. The molecule has 0 atom stereocenters. The molecule has 2 aromatic rings. The third-order valence-corrected chi connectivity index (χ3v) is 7.34. The van der Waals surface area contributed by atoms with Gasteiger partial charge in [-0.05, 0) is 23.5 Å². The van der Waals surface area contributed by atoms with Crippen molar-refractivity contribution in [2.75, 3.05) is 31.2 Å². The highest BCUT2D eigenvalue weighted by Crippen LogP contribution is 2.25. The monoisotopic (exact) mass is 543 g/mol. The van der Waals surface area contributed by atoms with Crippen LogP contribution in [0.15, 0.2) is 44.9 Å². The van der Waals surface area contributed by atoms with E-state index < -0.39 is 71.5 Å². The molecule has 0 aliphatic rings. The van der Waals surface area contributed by atoms with Gasteiger partial charge in [-0.2, -0.15) is 16.8 Å². The first-order chi connectivity index (χ1) is 15.7. The molecule has 2 rings (SSSR count). The van der Waals surface area contributed by atoms with Crippen LogP contribution in [-0.2, 0) is 34.9 Å². The van der Waals surface area contributed by atoms with E-state index in [0.29, 0.717) is 0 Å². The van der Waals surface area contributed by atoms with E-state index >= 15 is 0 Å². The maximum absolute atomic E-state index is 12.7. The molecular weight excluding hydrogens is 522 g/mol. The number of carbonyl (C=O) groups excluding carboxylic acids is 1. The summed E-state index contributed by atoms with van der Waals surface area (Å²) in [6.07, 6.45) is -0.392. The van der Waals surface area contributed by atoms with Crippen LogP contribution in [0.3, 0.4) is 0 Å². The van der Waals surface area contributed by atoms with Crippen LogP contribution >= 0.6 is 0 Å². The first-order valence-corrected chi connectivity index (χ1v) is 14.1. The van der Waals surface area contributed by atoms with E-state index in [1.165, 1.54) is 24.3 Å².